The van der Waals surface area contributed by atoms with Crippen molar-refractivity contribution < 1.29 is 19.0 Å². The van der Waals surface area contributed by atoms with Crippen LogP contribution in [-0.4, -0.2) is 32.4 Å². The Morgan fingerprint density at radius 2 is 1.79 bits per heavy atom. The van der Waals surface area contributed by atoms with Crippen LogP contribution in [0.15, 0.2) is 36.4 Å². The molecule has 4 heteroatoms. The molecule has 0 aliphatic carbocycles. The number of allylic oxidation sites excluding steroid dienone is 1. The first-order chi connectivity index (χ1) is 9.22. The quantitative estimate of drug-likeness (QED) is 0.411. The molecular formula is C15H20O4. The van der Waals surface area contributed by atoms with Gasteiger partial charge in [-0.2, -0.15) is 0 Å². The van der Waals surface area contributed by atoms with Crippen LogP contribution in [0.25, 0.3) is 0 Å². The number of ether oxygens (including phenoxy) is 3. The van der Waals surface area contributed by atoms with Crippen molar-refractivity contribution in [3.63, 3.8) is 0 Å². The third-order valence-corrected chi connectivity index (χ3v) is 2.29. The summed E-state index contributed by atoms with van der Waals surface area (Å²) < 4.78 is 15.6. The van der Waals surface area contributed by atoms with E-state index in [1.54, 1.807) is 13.0 Å². The number of carbonyl (C=O) groups is 1. The number of hydrogen-bond donors (Lipinski definition) is 0. The van der Waals surface area contributed by atoms with Crippen LogP contribution in [0, 0.1) is 6.92 Å². The molecule has 0 N–H and O–H groups in total. The van der Waals surface area contributed by atoms with Gasteiger partial charge in [-0.25, -0.2) is 4.79 Å². The molecule has 104 valence electrons. The Labute approximate surface area is 114 Å². The van der Waals surface area contributed by atoms with Crippen molar-refractivity contribution in [2.45, 2.75) is 13.8 Å². The molecule has 0 amide bonds. The first kappa shape index (κ1) is 15.2. The molecule has 0 unspecified atom stereocenters. The second-order valence-corrected chi connectivity index (χ2v) is 3.94. The number of carbonyl (C=O) groups excluding carboxylic acids is 1. The minimum absolute atomic E-state index is 0.258. The predicted molar refractivity (Wildman–Crippen MR) is 73.3 cm³/mol. The maximum absolute atomic E-state index is 11.0. The van der Waals surface area contributed by atoms with Crippen LogP contribution < -0.4 is 4.74 Å². The molecule has 4 nitrogen and oxygen atoms in total. The molecule has 0 aliphatic heterocycles. The van der Waals surface area contributed by atoms with Gasteiger partial charge in [0, 0.05) is 6.08 Å². The first-order valence-corrected chi connectivity index (χ1v) is 6.29. The van der Waals surface area contributed by atoms with E-state index >= 15 is 0 Å². The van der Waals surface area contributed by atoms with Crippen LogP contribution in [0.4, 0.5) is 0 Å². The molecule has 0 bridgehead atoms. The normalized spacial score (nSPS) is 10.6. The smallest absolute Gasteiger partial charge is 0.330 e. The fourth-order valence-electron chi connectivity index (χ4n) is 1.34. The number of aryl methyl sites for hydroxylation is 1. The van der Waals surface area contributed by atoms with Gasteiger partial charge in [0.2, 0.25) is 0 Å². The van der Waals surface area contributed by atoms with Crippen molar-refractivity contribution in [3.05, 3.63) is 42.0 Å². The number of benzene rings is 1. The summed E-state index contributed by atoms with van der Waals surface area (Å²) in [5, 5.41) is 0. The SMILES string of the molecule is CC=CC(=O)OCCOCCOc1ccc(C)cc1. The minimum atomic E-state index is -0.345. The Morgan fingerprint density at radius 1 is 1.11 bits per heavy atom. The summed E-state index contributed by atoms with van der Waals surface area (Å²) in [5.74, 6) is 0.482. The van der Waals surface area contributed by atoms with Gasteiger partial charge in [-0.15, -0.1) is 0 Å². The first-order valence-electron chi connectivity index (χ1n) is 6.29. The second kappa shape index (κ2) is 9.16. The molecule has 0 heterocycles. The highest BCUT2D eigenvalue weighted by Crippen LogP contribution is 2.10. The summed E-state index contributed by atoms with van der Waals surface area (Å²) in [6, 6.07) is 7.84. The van der Waals surface area contributed by atoms with Crippen molar-refractivity contribution >= 4 is 5.97 Å². The molecule has 19 heavy (non-hydrogen) atoms. The van der Waals surface area contributed by atoms with Crippen molar-refractivity contribution in [1.29, 1.82) is 0 Å². The van der Waals surface area contributed by atoms with E-state index in [9.17, 15) is 4.79 Å². The lowest BCUT2D eigenvalue weighted by atomic mass is 10.2. The van der Waals surface area contributed by atoms with Crippen molar-refractivity contribution in [3.8, 4) is 5.75 Å². The van der Waals surface area contributed by atoms with E-state index in [0.717, 1.165) is 5.75 Å². The van der Waals surface area contributed by atoms with Gasteiger partial charge in [-0.05, 0) is 26.0 Å². The summed E-state index contributed by atoms with van der Waals surface area (Å²) in [6.45, 7) is 5.37. The summed E-state index contributed by atoms with van der Waals surface area (Å²) in [7, 11) is 0. The third kappa shape index (κ3) is 7.26. The van der Waals surface area contributed by atoms with Crippen molar-refractivity contribution in [1.82, 2.24) is 0 Å². The Hall–Kier alpha value is -1.81. The van der Waals surface area contributed by atoms with E-state index in [1.807, 2.05) is 31.2 Å². The third-order valence-electron chi connectivity index (χ3n) is 2.29. The molecule has 0 aliphatic rings. The minimum Gasteiger partial charge on any atom is -0.491 e. The average Bonchev–Trinajstić information content (AvgIpc) is 2.40. The number of hydrogen-bond acceptors (Lipinski definition) is 4. The fraction of sp³-hybridized carbons (Fsp3) is 0.400. The Balaban J connectivity index is 1.99. The van der Waals surface area contributed by atoms with Gasteiger partial charge in [-0.1, -0.05) is 23.8 Å². The molecule has 0 atom stereocenters. The van der Waals surface area contributed by atoms with Gasteiger partial charge in [-0.3, -0.25) is 0 Å². The van der Waals surface area contributed by atoms with Gasteiger partial charge < -0.3 is 14.2 Å². The van der Waals surface area contributed by atoms with Crippen LogP contribution in [0.1, 0.15) is 12.5 Å². The molecule has 0 radical (unpaired) electrons. The van der Waals surface area contributed by atoms with Crippen molar-refractivity contribution in [2.75, 3.05) is 26.4 Å². The van der Waals surface area contributed by atoms with Gasteiger partial charge in [0.1, 0.15) is 19.0 Å². The largest absolute Gasteiger partial charge is 0.491 e. The van der Waals surface area contributed by atoms with E-state index in [0.29, 0.717) is 19.8 Å². The standard InChI is InChI=1S/C15H20O4/c1-3-4-15(16)19-12-10-17-9-11-18-14-7-5-13(2)6-8-14/h3-8H,9-12H2,1-2H3. The zero-order chi connectivity index (χ0) is 13.9. The monoisotopic (exact) mass is 264 g/mol. The average molecular weight is 264 g/mol. The van der Waals surface area contributed by atoms with E-state index in [-0.39, 0.29) is 12.6 Å². The van der Waals surface area contributed by atoms with Crippen molar-refractivity contribution in [2.24, 2.45) is 0 Å². The summed E-state index contributed by atoms with van der Waals surface area (Å²) in [6.07, 6.45) is 3.01. The van der Waals surface area contributed by atoms with E-state index < -0.39 is 0 Å². The van der Waals surface area contributed by atoms with Gasteiger partial charge in [0.25, 0.3) is 0 Å². The Morgan fingerprint density at radius 3 is 2.47 bits per heavy atom. The van der Waals surface area contributed by atoms with Crippen LogP contribution in [0.2, 0.25) is 0 Å². The van der Waals surface area contributed by atoms with Crippen LogP contribution in [-0.2, 0) is 14.3 Å². The molecular weight excluding hydrogens is 244 g/mol. The highest BCUT2D eigenvalue weighted by Gasteiger charge is 1.96. The van der Waals surface area contributed by atoms with Gasteiger partial charge in [0.05, 0.1) is 13.2 Å². The Kier molecular flexibility index (Phi) is 7.35. The lowest BCUT2D eigenvalue weighted by molar-refractivity contribution is -0.139. The fourth-order valence-corrected chi connectivity index (χ4v) is 1.34. The lowest BCUT2D eigenvalue weighted by Crippen LogP contribution is -2.12. The van der Waals surface area contributed by atoms with E-state index in [2.05, 4.69) is 0 Å². The molecule has 0 saturated heterocycles. The Bertz CT molecular complexity index is 395. The molecule has 0 spiro atoms. The molecule has 1 aromatic rings. The molecule has 1 aromatic carbocycles. The van der Waals surface area contributed by atoms with Gasteiger partial charge in [0.15, 0.2) is 0 Å². The maximum Gasteiger partial charge on any atom is 0.330 e. The van der Waals surface area contributed by atoms with E-state index in [4.69, 9.17) is 14.2 Å². The summed E-state index contributed by atoms with van der Waals surface area (Å²) >= 11 is 0. The summed E-state index contributed by atoms with van der Waals surface area (Å²) in [5.41, 5.74) is 1.20. The zero-order valence-electron chi connectivity index (χ0n) is 11.4. The van der Waals surface area contributed by atoms with Crippen LogP contribution >= 0.6 is 0 Å². The predicted octanol–water partition coefficient (Wildman–Crippen LogP) is 2.51. The van der Waals surface area contributed by atoms with E-state index in [1.165, 1.54) is 11.6 Å². The molecule has 0 saturated carbocycles. The topological polar surface area (TPSA) is 44.8 Å². The highest BCUT2D eigenvalue weighted by atomic mass is 16.6. The summed E-state index contributed by atoms with van der Waals surface area (Å²) in [4.78, 5) is 11.0. The molecule has 1 rings (SSSR count). The molecule has 0 aromatic heterocycles. The number of esters is 1. The second-order valence-electron chi connectivity index (χ2n) is 3.94. The highest BCUT2D eigenvalue weighted by molar-refractivity contribution is 5.81. The molecule has 0 fully saturated rings. The van der Waals surface area contributed by atoms with Crippen LogP contribution in [0.5, 0.6) is 5.75 Å². The number of rotatable bonds is 8. The maximum atomic E-state index is 11.0. The lowest BCUT2D eigenvalue weighted by Gasteiger charge is -2.07. The van der Waals surface area contributed by atoms with Gasteiger partial charge >= 0.3 is 5.97 Å². The zero-order valence-corrected chi connectivity index (χ0v) is 11.4. The van der Waals surface area contributed by atoms with Crippen LogP contribution in [0.3, 0.4) is 0 Å².